The van der Waals surface area contributed by atoms with E-state index in [0.29, 0.717) is 27.1 Å². The molecule has 1 aromatic heterocycles. The normalized spacial score (nSPS) is 12.5. The standard InChI is InChI=1S/C12H12Cl2N2O2/c1-16-11(10(18-2)6-15-16)12(17)8-5-7(13)3-4-9(8)14/h3-6,12,17H,1-2H3. The van der Waals surface area contributed by atoms with Crippen molar-refractivity contribution in [1.82, 2.24) is 9.78 Å². The first-order valence-electron chi connectivity index (χ1n) is 5.23. The fourth-order valence-corrected chi connectivity index (χ4v) is 2.17. The fourth-order valence-electron chi connectivity index (χ4n) is 1.77. The lowest BCUT2D eigenvalue weighted by Gasteiger charge is -2.15. The Morgan fingerprint density at radius 3 is 2.78 bits per heavy atom. The number of hydrogen-bond donors (Lipinski definition) is 1. The van der Waals surface area contributed by atoms with Crippen LogP contribution in [0.1, 0.15) is 17.4 Å². The quantitative estimate of drug-likeness (QED) is 0.944. The Balaban J connectivity index is 2.50. The molecule has 0 aliphatic rings. The highest BCUT2D eigenvalue weighted by Gasteiger charge is 2.22. The lowest BCUT2D eigenvalue weighted by Crippen LogP contribution is -2.08. The number of benzene rings is 1. The topological polar surface area (TPSA) is 47.3 Å². The molecule has 0 radical (unpaired) electrons. The maximum absolute atomic E-state index is 10.4. The van der Waals surface area contributed by atoms with Crippen LogP contribution in [-0.4, -0.2) is 22.0 Å². The summed E-state index contributed by atoms with van der Waals surface area (Å²) >= 11 is 12.0. The van der Waals surface area contributed by atoms with Crippen molar-refractivity contribution in [3.8, 4) is 5.75 Å². The summed E-state index contributed by atoms with van der Waals surface area (Å²) in [5, 5.41) is 15.4. The van der Waals surface area contributed by atoms with E-state index in [1.807, 2.05) is 0 Å². The molecule has 1 N–H and O–H groups in total. The smallest absolute Gasteiger partial charge is 0.162 e. The average Bonchev–Trinajstić information content (AvgIpc) is 2.72. The van der Waals surface area contributed by atoms with Gasteiger partial charge in [0, 0.05) is 22.7 Å². The van der Waals surface area contributed by atoms with Crippen LogP contribution in [0.3, 0.4) is 0 Å². The maximum atomic E-state index is 10.4. The summed E-state index contributed by atoms with van der Waals surface area (Å²) in [7, 11) is 3.24. The molecule has 0 spiro atoms. The highest BCUT2D eigenvalue weighted by Crippen LogP contribution is 2.34. The van der Waals surface area contributed by atoms with Gasteiger partial charge in [-0.05, 0) is 18.2 Å². The molecule has 0 amide bonds. The van der Waals surface area contributed by atoms with Gasteiger partial charge in [-0.1, -0.05) is 23.2 Å². The number of aromatic nitrogens is 2. The molecule has 4 nitrogen and oxygen atoms in total. The third-order valence-electron chi connectivity index (χ3n) is 2.68. The van der Waals surface area contributed by atoms with Crippen molar-refractivity contribution in [2.45, 2.75) is 6.10 Å². The van der Waals surface area contributed by atoms with Crippen molar-refractivity contribution >= 4 is 23.2 Å². The molecule has 1 unspecified atom stereocenters. The minimum atomic E-state index is -0.946. The van der Waals surface area contributed by atoms with Crippen molar-refractivity contribution < 1.29 is 9.84 Å². The summed E-state index contributed by atoms with van der Waals surface area (Å²) in [6, 6.07) is 4.94. The van der Waals surface area contributed by atoms with Gasteiger partial charge in [0.1, 0.15) is 11.8 Å². The predicted molar refractivity (Wildman–Crippen MR) is 70.3 cm³/mol. The van der Waals surface area contributed by atoms with Crippen LogP contribution in [0.15, 0.2) is 24.4 Å². The van der Waals surface area contributed by atoms with E-state index in [9.17, 15) is 5.11 Å². The van der Waals surface area contributed by atoms with E-state index in [-0.39, 0.29) is 0 Å². The second kappa shape index (κ2) is 5.18. The molecule has 2 aromatic rings. The zero-order chi connectivity index (χ0) is 13.3. The van der Waals surface area contributed by atoms with Gasteiger partial charge < -0.3 is 9.84 Å². The summed E-state index contributed by atoms with van der Waals surface area (Å²) in [5.74, 6) is 0.501. The van der Waals surface area contributed by atoms with Gasteiger partial charge in [0.05, 0.1) is 13.3 Å². The lowest BCUT2D eigenvalue weighted by molar-refractivity contribution is 0.204. The maximum Gasteiger partial charge on any atom is 0.162 e. The third-order valence-corrected chi connectivity index (χ3v) is 3.26. The van der Waals surface area contributed by atoms with E-state index < -0.39 is 6.10 Å². The SMILES string of the molecule is COc1cnn(C)c1C(O)c1cc(Cl)ccc1Cl. The monoisotopic (exact) mass is 286 g/mol. The molecule has 0 saturated carbocycles. The van der Waals surface area contributed by atoms with Crippen LogP contribution in [0, 0.1) is 0 Å². The van der Waals surface area contributed by atoms with Crippen molar-refractivity contribution in [3.63, 3.8) is 0 Å². The highest BCUT2D eigenvalue weighted by molar-refractivity contribution is 6.33. The molecule has 2 rings (SSSR count). The molecule has 0 bridgehead atoms. The summed E-state index contributed by atoms with van der Waals surface area (Å²) in [6.45, 7) is 0. The van der Waals surface area contributed by atoms with Gasteiger partial charge in [-0.2, -0.15) is 5.10 Å². The Bertz CT molecular complexity index is 569. The summed E-state index contributed by atoms with van der Waals surface area (Å²) in [6.07, 6.45) is 0.593. The first kappa shape index (κ1) is 13.2. The Kier molecular flexibility index (Phi) is 3.80. The first-order valence-corrected chi connectivity index (χ1v) is 5.99. The van der Waals surface area contributed by atoms with Crippen molar-refractivity contribution in [2.75, 3.05) is 7.11 Å². The van der Waals surface area contributed by atoms with E-state index in [4.69, 9.17) is 27.9 Å². The van der Waals surface area contributed by atoms with Gasteiger partial charge >= 0.3 is 0 Å². The Morgan fingerprint density at radius 1 is 1.39 bits per heavy atom. The number of aliphatic hydroxyl groups is 1. The summed E-state index contributed by atoms with van der Waals surface area (Å²) in [4.78, 5) is 0. The number of rotatable bonds is 3. The molecule has 1 heterocycles. The molecule has 0 aliphatic carbocycles. The van der Waals surface area contributed by atoms with Crippen molar-refractivity contribution in [1.29, 1.82) is 0 Å². The Morgan fingerprint density at radius 2 is 2.11 bits per heavy atom. The fraction of sp³-hybridized carbons (Fsp3) is 0.250. The number of aliphatic hydroxyl groups excluding tert-OH is 1. The predicted octanol–water partition coefficient (Wildman–Crippen LogP) is 2.82. The van der Waals surface area contributed by atoms with Crippen LogP contribution in [0.4, 0.5) is 0 Å². The van der Waals surface area contributed by atoms with Gasteiger partial charge in [-0.3, -0.25) is 4.68 Å². The van der Waals surface area contributed by atoms with Crippen LogP contribution < -0.4 is 4.74 Å². The van der Waals surface area contributed by atoms with E-state index in [1.165, 1.54) is 13.3 Å². The molecular formula is C12H12Cl2N2O2. The first-order chi connectivity index (χ1) is 8.54. The van der Waals surface area contributed by atoms with Gasteiger partial charge in [0.15, 0.2) is 5.75 Å². The number of ether oxygens (including phenoxy) is 1. The molecular weight excluding hydrogens is 275 g/mol. The molecule has 0 saturated heterocycles. The van der Waals surface area contributed by atoms with Gasteiger partial charge in [0.2, 0.25) is 0 Å². The van der Waals surface area contributed by atoms with Gasteiger partial charge in [-0.25, -0.2) is 0 Å². The zero-order valence-corrected chi connectivity index (χ0v) is 11.4. The minimum absolute atomic E-state index is 0.440. The van der Waals surface area contributed by atoms with E-state index in [0.717, 1.165) is 0 Å². The highest BCUT2D eigenvalue weighted by atomic mass is 35.5. The van der Waals surface area contributed by atoms with Crippen molar-refractivity contribution in [2.24, 2.45) is 7.05 Å². The largest absolute Gasteiger partial charge is 0.493 e. The van der Waals surface area contributed by atoms with Crippen LogP contribution in [0.2, 0.25) is 10.0 Å². The molecule has 1 atom stereocenters. The number of methoxy groups -OCH3 is 1. The van der Waals surface area contributed by atoms with Crippen LogP contribution >= 0.6 is 23.2 Å². The molecule has 6 heteroatoms. The summed E-state index contributed by atoms with van der Waals surface area (Å²) < 4.78 is 6.70. The summed E-state index contributed by atoms with van der Waals surface area (Å²) in [5.41, 5.74) is 1.05. The van der Waals surface area contributed by atoms with Crippen LogP contribution in [0.5, 0.6) is 5.75 Å². The molecule has 0 fully saturated rings. The van der Waals surface area contributed by atoms with Crippen molar-refractivity contribution in [3.05, 3.63) is 45.7 Å². The lowest BCUT2D eigenvalue weighted by atomic mass is 10.1. The Labute approximate surface area is 115 Å². The van der Waals surface area contributed by atoms with Crippen LogP contribution in [-0.2, 0) is 7.05 Å². The molecule has 96 valence electrons. The van der Waals surface area contributed by atoms with E-state index in [2.05, 4.69) is 5.10 Å². The molecule has 1 aromatic carbocycles. The third kappa shape index (κ3) is 2.32. The number of hydrogen-bond acceptors (Lipinski definition) is 3. The molecule has 18 heavy (non-hydrogen) atoms. The second-order valence-corrected chi connectivity index (χ2v) is 4.63. The van der Waals surface area contributed by atoms with Crippen LogP contribution in [0.25, 0.3) is 0 Å². The van der Waals surface area contributed by atoms with Gasteiger partial charge in [-0.15, -0.1) is 0 Å². The van der Waals surface area contributed by atoms with Gasteiger partial charge in [0.25, 0.3) is 0 Å². The second-order valence-electron chi connectivity index (χ2n) is 3.79. The minimum Gasteiger partial charge on any atom is -0.493 e. The zero-order valence-electron chi connectivity index (χ0n) is 9.89. The Hall–Kier alpha value is -1.23. The van der Waals surface area contributed by atoms with E-state index in [1.54, 1.807) is 29.9 Å². The number of halogens is 2. The molecule has 0 aliphatic heterocycles. The number of nitrogens with zero attached hydrogens (tertiary/aromatic N) is 2. The number of aryl methyl sites for hydroxylation is 1. The average molecular weight is 287 g/mol. The van der Waals surface area contributed by atoms with E-state index >= 15 is 0 Å².